The molecule has 0 heterocycles. The molecule has 5 nitrogen and oxygen atoms in total. The number of carbonyl (C=O) groups excluding carboxylic acids is 2. The number of carbonyl (C=O) groups is 2. The van der Waals surface area contributed by atoms with Crippen molar-refractivity contribution in [3.63, 3.8) is 0 Å². The van der Waals surface area contributed by atoms with Gasteiger partial charge in [-0.2, -0.15) is 0 Å². The number of sulfone groups is 1. The molecule has 0 aliphatic rings. The van der Waals surface area contributed by atoms with Crippen LogP contribution in [0.4, 0.5) is 4.39 Å². The van der Waals surface area contributed by atoms with Crippen molar-refractivity contribution in [3.8, 4) is 0 Å². The number of benzene rings is 2. The van der Waals surface area contributed by atoms with Crippen LogP contribution in [0.1, 0.15) is 36.5 Å². The number of ketones is 2. The first-order chi connectivity index (χ1) is 14.6. The van der Waals surface area contributed by atoms with Crippen LogP contribution >= 0.6 is 0 Å². The second-order valence-electron chi connectivity index (χ2n) is 8.01. The average Bonchev–Trinajstić information content (AvgIpc) is 2.67. The molecule has 0 saturated carbocycles. The van der Waals surface area contributed by atoms with Crippen molar-refractivity contribution in [2.75, 3.05) is 25.9 Å². The van der Waals surface area contributed by atoms with Crippen molar-refractivity contribution in [3.05, 3.63) is 65.0 Å². The maximum atomic E-state index is 13.2. The minimum atomic E-state index is -3.38. The lowest BCUT2D eigenvalue weighted by atomic mass is 10.1. The summed E-state index contributed by atoms with van der Waals surface area (Å²) < 4.78 is 38.4. The molecular weight excluding hydrogens is 417 g/mol. The number of Topliss-reactive ketones (excluding diaryl/α,β-unsaturated/α-hetero) is 2. The molecule has 0 radical (unpaired) electrons. The Morgan fingerprint density at radius 1 is 0.968 bits per heavy atom. The predicted octanol–water partition coefficient (Wildman–Crippen LogP) is 3.56. The van der Waals surface area contributed by atoms with Crippen LogP contribution in [0.25, 0.3) is 0 Å². The standard InChI is InChI=1S/C24H30FNO4S/c1-4-5-11-31(29,30)24-15-20(10-9-18(24)2)14-23(28)17-26(3)16-22(27)13-19-7-6-8-21(25)12-19/h6-10,12,15H,4-5,11,13-14,16-17H2,1-3H3. The highest BCUT2D eigenvalue weighted by Gasteiger charge is 2.18. The topological polar surface area (TPSA) is 71.5 Å². The van der Waals surface area contributed by atoms with E-state index < -0.39 is 9.84 Å². The molecule has 0 saturated heterocycles. The van der Waals surface area contributed by atoms with Gasteiger partial charge in [-0.05, 0) is 55.3 Å². The van der Waals surface area contributed by atoms with E-state index in [-0.39, 0.29) is 54.0 Å². The van der Waals surface area contributed by atoms with Crippen LogP contribution in [0.2, 0.25) is 0 Å². The summed E-state index contributed by atoms with van der Waals surface area (Å²) in [7, 11) is -1.70. The van der Waals surface area contributed by atoms with E-state index in [1.165, 1.54) is 12.1 Å². The zero-order chi connectivity index (χ0) is 23.0. The summed E-state index contributed by atoms with van der Waals surface area (Å²) in [5, 5.41) is 0. The zero-order valence-electron chi connectivity index (χ0n) is 18.4. The first-order valence-corrected chi connectivity index (χ1v) is 12.0. The zero-order valence-corrected chi connectivity index (χ0v) is 19.2. The molecule has 0 bridgehead atoms. The van der Waals surface area contributed by atoms with Gasteiger partial charge in [-0.25, -0.2) is 12.8 Å². The molecule has 2 aromatic carbocycles. The first kappa shape index (κ1) is 24.9. The van der Waals surface area contributed by atoms with Gasteiger partial charge < -0.3 is 0 Å². The number of halogens is 1. The fourth-order valence-corrected chi connectivity index (χ4v) is 5.18. The van der Waals surface area contributed by atoms with Crippen molar-refractivity contribution in [1.82, 2.24) is 4.90 Å². The number of aryl methyl sites for hydroxylation is 1. The van der Waals surface area contributed by atoms with Crippen LogP contribution in [-0.2, 0) is 32.3 Å². The number of likely N-dealkylation sites (N-methyl/N-ethyl adjacent to an activating group) is 1. The van der Waals surface area contributed by atoms with Crippen molar-refractivity contribution in [1.29, 1.82) is 0 Å². The summed E-state index contributed by atoms with van der Waals surface area (Å²) in [5.41, 5.74) is 1.92. The third-order valence-corrected chi connectivity index (χ3v) is 6.87. The van der Waals surface area contributed by atoms with Gasteiger partial charge in [0.2, 0.25) is 0 Å². The Hall–Kier alpha value is -2.38. The van der Waals surface area contributed by atoms with Crippen molar-refractivity contribution >= 4 is 21.4 Å². The van der Waals surface area contributed by atoms with Crippen LogP contribution in [0, 0.1) is 12.7 Å². The van der Waals surface area contributed by atoms with Crippen LogP contribution in [0.5, 0.6) is 0 Å². The largest absolute Gasteiger partial charge is 0.298 e. The molecule has 2 rings (SSSR count). The summed E-state index contributed by atoms with van der Waals surface area (Å²) in [4.78, 5) is 26.6. The lowest BCUT2D eigenvalue weighted by Crippen LogP contribution is -2.32. The SMILES string of the molecule is CCCCS(=O)(=O)c1cc(CC(=O)CN(C)CC(=O)Cc2cccc(F)c2)ccc1C. The molecule has 31 heavy (non-hydrogen) atoms. The van der Waals surface area contributed by atoms with Gasteiger partial charge in [0.05, 0.1) is 23.7 Å². The molecule has 168 valence electrons. The molecule has 0 N–H and O–H groups in total. The highest BCUT2D eigenvalue weighted by molar-refractivity contribution is 7.91. The lowest BCUT2D eigenvalue weighted by molar-refractivity contribution is -0.121. The Balaban J connectivity index is 1.94. The number of hydrogen-bond donors (Lipinski definition) is 0. The van der Waals surface area contributed by atoms with Gasteiger partial charge in [-0.15, -0.1) is 0 Å². The van der Waals surface area contributed by atoms with Crippen LogP contribution in [-0.4, -0.2) is 50.8 Å². The summed E-state index contributed by atoms with van der Waals surface area (Å²) in [5.74, 6) is -0.511. The second-order valence-corrected chi connectivity index (χ2v) is 10.1. The average molecular weight is 448 g/mol. The normalized spacial score (nSPS) is 11.6. The quantitative estimate of drug-likeness (QED) is 0.498. The third-order valence-electron chi connectivity index (χ3n) is 4.94. The van der Waals surface area contributed by atoms with E-state index in [1.54, 1.807) is 49.2 Å². The molecule has 2 aromatic rings. The molecule has 0 fully saturated rings. The summed E-state index contributed by atoms with van der Waals surface area (Å²) >= 11 is 0. The van der Waals surface area contributed by atoms with E-state index in [2.05, 4.69) is 0 Å². The monoisotopic (exact) mass is 447 g/mol. The van der Waals surface area contributed by atoms with E-state index in [4.69, 9.17) is 0 Å². The molecule has 0 atom stereocenters. The van der Waals surface area contributed by atoms with Gasteiger partial charge in [0, 0.05) is 12.8 Å². The van der Waals surface area contributed by atoms with E-state index in [0.29, 0.717) is 23.1 Å². The third kappa shape index (κ3) is 7.99. The lowest BCUT2D eigenvalue weighted by Gasteiger charge is -2.15. The van der Waals surface area contributed by atoms with Crippen molar-refractivity contribution in [2.24, 2.45) is 0 Å². The van der Waals surface area contributed by atoms with Gasteiger partial charge in [0.15, 0.2) is 21.4 Å². The summed E-state index contributed by atoms with van der Waals surface area (Å²) in [6.07, 6.45) is 1.59. The summed E-state index contributed by atoms with van der Waals surface area (Å²) in [6.45, 7) is 3.84. The highest BCUT2D eigenvalue weighted by atomic mass is 32.2. The first-order valence-electron chi connectivity index (χ1n) is 10.4. The fourth-order valence-electron chi connectivity index (χ4n) is 3.41. The predicted molar refractivity (Wildman–Crippen MR) is 119 cm³/mol. The fraction of sp³-hybridized carbons (Fsp3) is 0.417. The molecule has 0 aliphatic carbocycles. The molecule has 0 unspecified atom stereocenters. The van der Waals surface area contributed by atoms with Gasteiger partial charge in [0.25, 0.3) is 0 Å². The Kier molecular flexibility index (Phi) is 9.07. The molecular formula is C24H30FNO4S. The van der Waals surface area contributed by atoms with Gasteiger partial charge in [0.1, 0.15) is 5.82 Å². The molecule has 0 amide bonds. The van der Waals surface area contributed by atoms with Gasteiger partial charge in [-0.1, -0.05) is 37.6 Å². The number of hydrogen-bond acceptors (Lipinski definition) is 5. The molecule has 7 heteroatoms. The number of nitrogens with zero attached hydrogens (tertiary/aromatic N) is 1. The maximum absolute atomic E-state index is 13.2. The number of rotatable bonds is 12. The van der Waals surface area contributed by atoms with E-state index >= 15 is 0 Å². The van der Waals surface area contributed by atoms with Gasteiger partial charge in [-0.3, -0.25) is 14.5 Å². The van der Waals surface area contributed by atoms with Crippen LogP contribution in [0.15, 0.2) is 47.4 Å². The minimum absolute atomic E-state index is 0.0701. The smallest absolute Gasteiger partial charge is 0.178 e. The highest BCUT2D eigenvalue weighted by Crippen LogP contribution is 2.20. The van der Waals surface area contributed by atoms with E-state index in [0.717, 1.165) is 6.42 Å². The molecule has 0 aromatic heterocycles. The Bertz CT molecular complexity index is 1030. The van der Waals surface area contributed by atoms with Gasteiger partial charge >= 0.3 is 0 Å². The Morgan fingerprint density at radius 3 is 2.16 bits per heavy atom. The summed E-state index contributed by atoms with van der Waals surface area (Å²) in [6, 6.07) is 11.0. The van der Waals surface area contributed by atoms with Crippen molar-refractivity contribution in [2.45, 2.75) is 44.4 Å². The number of unbranched alkanes of at least 4 members (excludes halogenated alkanes) is 1. The van der Waals surface area contributed by atoms with Crippen LogP contribution in [0.3, 0.4) is 0 Å². The minimum Gasteiger partial charge on any atom is -0.298 e. The van der Waals surface area contributed by atoms with E-state index in [9.17, 15) is 22.4 Å². The molecule has 0 spiro atoms. The maximum Gasteiger partial charge on any atom is 0.178 e. The van der Waals surface area contributed by atoms with Crippen molar-refractivity contribution < 1.29 is 22.4 Å². The Labute approximate surface area is 184 Å². The van der Waals surface area contributed by atoms with Crippen LogP contribution < -0.4 is 0 Å². The van der Waals surface area contributed by atoms with E-state index in [1.807, 2.05) is 6.92 Å². The second kappa shape index (κ2) is 11.3. The Morgan fingerprint density at radius 2 is 1.58 bits per heavy atom. The molecule has 0 aliphatic heterocycles.